The van der Waals surface area contributed by atoms with Crippen LogP contribution in [-0.2, 0) is 15.4 Å². The summed E-state index contributed by atoms with van der Waals surface area (Å²) in [6.45, 7) is 1.77. The molecular formula is C19H18ClN3O2S2. The molecule has 1 aromatic heterocycles. The highest BCUT2D eigenvalue weighted by Crippen LogP contribution is 2.50. The van der Waals surface area contributed by atoms with Gasteiger partial charge in [0.15, 0.2) is 9.84 Å². The Morgan fingerprint density at radius 1 is 1.33 bits per heavy atom. The third kappa shape index (κ3) is 2.70. The maximum absolute atomic E-state index is 13.0. The van der Waals surface area contributed by atoms with Crippen LogP contribution < -0.4 is 5.73 Å². The lowest BCUT2D eigenvalue weighted by Gasteiger charge is -2.46. The SMILES string of the molecule is CC1(c2sc(-c3cccc(C#N)c3)cc2Cl)CS(=O)(=O)C2(CCC2)C(N)=N1. The summed E-state index contributed by atoms with van der Waals surface area (Å²) in [5.74, 6) is 0.110. The number of rotatable bonds is 2. The molecular weight excluding hydrogens is 402 g/mol. The zero-order valence-electron chi connectivity index (χ0n) is 14.7. The fraction of sp³-hybridized carbons (Fsp3) is 0.368. The summed E-state index contributed by atoms with van der Waals surface area (Å²) in [6, 6.07) is 11.1. The maximum atomic E-state index is 13.0. The number of nitrogens with zero attached hydrogens (tertiary/aromatic N) is 2. The Balaban J connectivity index is 1.80. The number of benzene rings is 1. The zero-order valence-corrected chi connectivity index (χ0v) is 17.1. The molecule has 1 atom stereocenters. The topological polar surface area (TPSA) is 96.3 Å². The van der Waals surface area contributed by atoms with E-state index in [2.05, 4.69) is 11.1 Å². The second kappa shape index (κ2) is 6.06. The van der Waals surface area contributed by atoms with Gasteiger partial charge in [-0.2, -0.15) is 5.26 Å². The number of nitriles is 1. The monoisotopic (exact) mass is 419 g/mol. The van der Waals surface area contributed by atoms with Gasteiger partial charge in [-0.3, -0.25) is 4.99 Å². The van der Waals surface area contributed by atoms with Gasteiger partial charge < -0.3 is 5.73 Å². The van der Waals surface area contributed by atoms with E-state index in [-0.39, 0.29) is 11.6 Å². The summed E-state index contributed by atoms with van der Waals surface area (Å²) < 4.78 is 25.1. The molecule has 2 heterocycles. The standard InChI is InChI=1S/C19H18ClN3O2S2/c1-18(11-27(24,25)19(6-3-7-19)17(22)23-18)16-14(20)9-15(26-16)13-5-2-4-12(8-13)10-21/h2,4-5,8-9H,3,6-7,11H2,1H3,(H2,22,23). The predicted octanol–water partition coefficient (Wildman–Crippen LogP) is 3.86. The van der Waals surface area contributed by atoms with Crippen molar-refractivity contribution < 1.29 is 8.42 Å². The van der Waals surface area contributed by atoms with Crippen LogP contribution in [0.5, 0.6) is 0 Å². The van der Waals surface area contributed by atoms with E-state index in [1.165, 1.54) is 11.3 Å². The highest BCUT2D eigenvalue weighted by atomic mass is 35.5. The normalized spacial score (nSPS) is 25.4. The third-order valence-electron chi connectivity index (χ3n) is 5.51. The van der Waals surface area contributed by atoms with Crippen LogP contribution in [0.25, 0.3) is 10.4 Å². The molecule has 2 aliphatic rings. The lowest BCUT2D eigenvalue weighted by molar-refractivity contribution is 0.393. The van der Waals surface area contributed by atoms with Crippen molar-refractivity contribution in [1.29, 1.82) is 5.26 Å². The Kier molecular flexibility index (Phi) is 4.15. The molecule has 0 saturated heterocycles. The third-order valence-corrected chi connectivity index (χ3v) is 10.1. The van der Waals surface area contributed by atoms with Crippen molar-refractivity contribution in [3.8, 4) is 16.5 Å². The van der Waals surface area contributed by atoms with Crippen molar-refractivity contribution in [2.75, 3.05) is 5.75 Å². The highest BCUT2D eigenvalue weighted by Gasteiger charge is 2.58. The van der Waals surface area contributed by atoms with Crippen LogP contribution >= 0.6 is 22.9 Å². The molecule has 4 rings (SSSR count). The molecule has 8 heteroatoms. The van der Waals surface area contributed by atoms with Gasteiger partial charge in [0, 0.05) is 4.88 Å². The van der Waals surface area contributed by atoms with Crippen molar-refractivity contribution in [3.05, 3.63) is 45.8 Å². The first kappa shape index (κ1) is 18.5. The number of sulfone groups is 1. The van der Waals surface area contributed by atoms with Crippen molar-refractivity contribution in [2.24, 2.45) is 10.7 Å². The van der Waals surface area contributed by atoms with Crippen LogP contribution in [0, 0.1) is 11.3 Å². The van der Waals surface area contributed by atoms with Gasteiger partial charge in [-0.1, -0.05) is 23.7 Å². The second-order valence-corrected chi connectivity index (χ2v) is 11.1. The fourth-order valence-electron chi connectivity index (χ4n) is 3.87. The number of nitrogens with two attached hydrogens (primary N) is 1. The van der Waals surface area contributed by atoms with E-state index >= 15 is 0 Å². The van der Waals surface area contributed by atoms with E-state index in [1.807, 2.05) is 12.1 Å². The van der Waals surface area contributed by atoms with Crippen molar-refractivity contribution in [2.45, 2.75) is 36.5 Å². The Morgan fingerprint density at radius 2 is 2.07 bits per heavy atom. The van der Waals surface area contributed by atoms with Crippen LogP contribution in [0.15, 0.2) is 35.3 Å². The molecule has 1 aliphatic carbocycles. The first-order chi connectivity index (χ1) is 12.7. The van der Waals surface area contributed by atoms with Gasteiger partial charge >= 0.3 is 0 Å². The average molecular weight is 420 g/mol. The number of amidine groups is 1. The zero-order chi connectivity index (χ0) is 19.4. The Bertz CT molecular complexity index is 1110. The molecule has 1 fully saturated rings. The van der Waals surface area contributed by atoms with Crippen LogP contribution in [0.4, 0.5) is 0 Å². The molecule has 1 aromatic carbocycles. The van der Waals surface area contributed by atoms with Gasteiger partial charge in [-0.25, -0.2) is 8.42 Å². The lowest BCUT2D eigenvalue weighted by atomic mass is 9.82. The van der Waals surface area contributed by atoms with Crippen LogP contribution in [0.2, 0.25) is 5.02 Å². The first-order valence-corrected chi connectivity index (χ1v) is 11.4. The molecule has 0 bridgehead atoms. The van der Waals surface area contributed by atoms with E-state index in [9.17, 15) is 8.42 Å². The van der Waals surface area contributed by atoms with Crippen LogP contribution in [0.1, 0.15) is 36.6 Å². The smallest absolute Gasteiger partial charge is 0.165 e. The van der Waals surface area contributed by atoms with E-state index in [4.69, 9.17) is 22.6 Å². The first-order valence-electron chi connectivity index (χ1n) is 8.59. The lowest BCUT2D eigenvalue weighted by Crippen LogP contribution is -2.61. The molecule has 2 N–H and O–H groups in total. The molecule has 1 spiro atoms. The number of hydrogen-bond donors (Lipinski definition) is 1. The number of aliphatic imine (C=N–C) groups is 1. The molecule has 1 unspecified atom stereocenters. The Morgan fingerprint density at radius 3 is 2.67 bits per heavy atom. The summed E-state index contributed by atoms with van der Waals surface area (Å²) in [7, 11) is -3.42. The summed E-state index contributed by atoms with van der Waals surface area (Å²) in [4.78, 5) is 6.19. The molecule has 1 aliphatic heterocycles. The largest absolute Gasteiger partial charge is 0.386 e. The van der Waals surface area contributed by atoms with Crippen molar-refractivity contribution in [3.63, 3.8) is 0 Å². The molecule has 0 amide bonds. The number of halogens is 1. The molecule has 5 nitrogen and oxygen atoms in total. The van der Waals surface area contributed by atoms with E-state index in [0.717, 1.165) is 16.9 Å². The van der Waals surface area contributed by atoms with Crippen molar-refractivity contribution in [1.82, 2.24) is 0 Å². The highest BCUT2D eigenvalue weighted by molar-refractivity contribution is 7.93. The maximum Gasteiger partial charge on any atom is 0.165 e. The van der Waals surface area contributed by atoms with Crippen LogP contribution in [0.3, 0.4) is 0 Å². The Labute approximate surface area is 167 Å². The average Bonchev–Trinajstić information content (AvgIpc) is 2.94. The summed E-state index contributed by atoms with van der Waals surface area (Å²) in [6.07, 6.45) is 1.95. The molecule has 2 aromatic rings. The van der Waals surface area contributed by atoms with Crippen molar-refractivity contribution >= 4 is 38.6 Å². The molecule has 1 saturated carbocycles. The molecule has 27 heavy (non-hydrogen) atoms. The van der Waals surface area contributed by atoms with Crippen LogP contribution in [-0.4, -0.2) is 24.8 Å². The predicted molar refractivity (Wildman–Crippen MR) is 109 cm³/mol. The minimum Gasteiger partial charge on any atom is -0.386 e. The van der Waals surface area contributed by atoms with E-state index in [1.54, 1.807) is 25.1 Å². The van der Waals surface area contributed by atoms with Gasteiger partial charge in [-0.15, -0.1) is 11.3 Å². The van der Waals surface area contributed by atoms with Gasteiger partial charge in [0.25, 0.3) is 0 Å². The van der Waals surface area contributed by atoms with E-state index in [0.29, 0.717) is 28.3 Å². The second-order valence-electron chi connectivity index (χ2n) is 7.36. The molecule has 0 radical (unpaired) electrons. The number of thiophene rings is 1. The minimum atomic E-state index is -3.42. The Hall–Kier alpha value is -1.88. The summed E-state index contributed by atoms with van der Waals surface area (Å²) >= 11 is 7.89. The summed E-state index contributed by atoms with van der Waals surface area (Å²) in [5, 5.41) is 9.58. The quantitative estimate of drug-likeness (QED) is 0.799. The van der Waals surface area contributed by atoms with Gasteiger partial charge in [0.2, 0.25) is 0 Å². The van der Waals surface area contributed by atoms with E-state index < -0.39 is 20.1 Å². The van der Waals surface area contributed by atoms with Gasteiger partial charge in [0.1, 0.15) is 16.1 Å². The minimum absolute atomic E-state index is 0.0986. The van der Waals surface area contributed by atoms with Gasteiger partial charge in [0.05, 0.1) is 27.3 Å². The summed E-state index contributed by atoms with van der Waals surface area (Å²) in [5.41, 5.74) is 6.58. The van der Waals surface area contributed by atoms with Gasteiger partial charge in [-0.05, 0) is 49.9 Å². The fourth-order valence-corrected chi connectivity index (χ4v) is 8.09. The molecule has 140 valence electrons. The number of hydrogen-bond acceptors (Lipinski definition) is 6.